The second-order valence-corrected chi connectivity index (χ2v) is 7.30. The van der Waals surface area contributed by atoms with Crippen molar-refractivity contribution in [1.29, 1.82) is 0 Å². The summed E-state index contributed by atoms with van der Waals surface area (Å²) in [6.07, 6.45) is 1.50. The third kappa shape index (κ3) is 3.30. The number of hydrogen-bond donors (Lipinski definition) is 1. The van der Waals surface area contributed by atoms with Crippen LogP contribution in [0.3, 0.4) is 0 Å². The molecule has 0 bridgehead atoms. The van der Waals surface area contributed by atoms with Gasteiger partial charge in [0.05, 0.1) is 24.2 Å². The van der Waals surface area contributed by atoms with Gasteiger partial charge < -0.3 is 10.1 Å². The predicted molar refractivity (Wildman–Crippen MR) is 77.8 cm³/mol. The van der Waals surface area contributed by atoms with E-state index in [2.05, 4.69) is 5.32 Å². The number of carbonyl (C=O) groups excluding carboxylic acids is 1. The summed E-state index contributed by atoms with van der Waals surface area (Å²) in [5.74, 6) is 0.0313. The average Bonchev–Trinajstić information content (AvgIpc) is 2.39. The molecule has 1 aliphatic heterocycles. The molecule has 1 aromatic carbocycles. The molecule has 0 aromatic heterocycles. The Morgan fingerprint density at radius 2 is 2.15 bits per heavy atom. The Kier molecular flexibility index (Phi) is 4.32. The molecule has 1 aliphatic rings. The molecule has 1 aromatic rings. The molecule has 1 saturated heterocycles. The van der Waals surface area contributed by atoms with E-state index in [0.29, 0.717) is 12.0 Å². The van der Waals surface area contributed by atoms with E-state index in [9.17, 15) is 13.2 Å². The normalized spacial score (nSPS) is 21.2. The van der Waals surface area contributed by atoms with Crippen LogP contribution in [-0.2, 0) is 14.6 Å². The number of benzene rings is 1. The van der Waals surface area contributed by atoms with Crippen molar-refractivity contribution in [2.24, 2.45) is 0 Å². The van der Waals surface area contributed by atoms with Crippen molar-refractivity contribution >= 4 is 21.5 Å². The number of methoxy groups -OCH3 is 1. The SMILES string of the molecule is COC(=O)c1cccc(NC2CCCS(=O)(=O)C2)c1C. The van der Waals surface area contributed by atoms with Crippen molar-refractivity contribution in [3.05, 3.63) is 29.3 Å². The van der Waals surface area contributed by atoms with Crippen LogP contribution in [0.25, 0.3) is 0 Å². The minimum atomic E-state index is -2.95. The van der Waals surface area contributed by atoms with Crippen molar-refractivity contribution in [2.45, 2.75) is 25.8 Å². The molecule has 110 valence electrons. The zero-order chi connectivity index (χ0) is 14.8. The summed E-state index contributed by atoms with van der Waals surface area (Å²) < 4.78 is 28.0. The first kappa shape index (κ1) is 14.8. The van der Waals surface area contributed by atoms with Crippen LogP contribution in [0.15, 0.2) is 18.2 Å². The summed E-state index contributed by atoms with van der Waals surface area (Å²) in [7, 11) is -1.61. The number of hydrogen-bond acceptors (Lipinski definition) is 5. The number of carbonyl (C=O) groups is 1. The van der Waals surface area contributed by atoms with Crippen molar-refractivity contribution in [1.82, 2.24) is 0 Å². The van der Waals surface area contributed by atoms with Crippen LogP contribution in [0.4, 0.5) is 5.69 Å². The Bertz CT molecular complexity index is 610. The van der Waals surface area contributed by atoms with Gasteiger partial charge in [0.25, 0.3) is 0 Å². The Hall–Kier alpha value is -1.56. The van der Waals surface area contributed by atoms with Crippen molar-refractivity contribution in [2.75, 3.05) is 23.9 Å². The maximum atomic E-state index is 11.6. The van der Waals surface area contributed by atoms with Gasteiger partial charge >= 0.3 is 5.97 Å². The first-order chi connectivity index (χ1) is 9.43. The molecule has 6 heteroatoms. The highest BCUT2D eigenvalue weighted by Gasteiger charge is 2.25. The fraction of sp³-hybridized carbons (Fsp3) is 0.500. The van der Waals surface area contributed by atoms with Crippen LogP contribution < -0.4 is 5.32 Å². The highest BCUT2D eigenvalue weighted by atomic mass is 32.2. The van der Waals surface area contributed by atoms with Crippen molar-refractivity contribution < 1.29 is 17.9 Å². The summed E-state index contributed by atoms with van der Waals surface area (Å²) in [5.41, 5.74) is 2.06. The van der Waals surface area contributed by atoms with Crippen molar-refractivity contribution in [3.8, 4) is 0 Å². The number of nitrogens with one attached hydrogen (secondary N) is 1. The lowest BCUT2D eigenvalue weighted by Gasteiger charge is -2.25. The molecule has 2 rings (SSSR count). The predicted octanol–water partition coefficient (Wildman–Crippen LogP) is 1.77. The second-order valence-electron chi connectivity index (χ2n) is 5.07. The molecule has 1 fully saturated rings. The maximum absolute atomic E-state index is 11.6. The highest BCUT2D eigenvalue weighted by Crippen LogP contribution is 2.23. The van der Waals surface area contributed by atoms with E-state index >= 15 is 0 Å². The summed E-state index contributed by atoms with van der Waals surface area (Å²) in [5, 5.41) is 3.24. The van der Waals surface area contributed by atoms with Gasteiger partial charge in [-0.1, -0.05) is 6.07 Å². The summed E-state index contributed by atoms with van der Waals surface area (Å²) in [6.45, 7) is 1.83. The van der Waals surface area contributed by atoms with Gasteiger partial charge in [-0.3, -0.25) is 0 Å². The number of rotatable bonds is 3. The van der Waals surface area contributed by atoms with Gasteiger partial charge in [0.2, 0.25) is 0 Å². The van der Waals surface area contributed by atoms with E-state index in [1.807, 2.05) is 13.0 Å². The van der Waals surface area contributed by atoms with Crippen LogP contribution in [0.2, 0.25) is 0 Å². The monoisotopic (exact) mass is 297 g/mol. The van der Waals surface area contributed by atoms with E-state index in [1.54, 1.807) is 12.1 Å². The first-order valence-electron chi connectivity index (χ1n) is 6.58. The lowest BCUT2D eigenvalue weighted by atomic mass is 10.1. The largest absolute Gasteiger partial charge is 0.465 e. The summed E-state index contributed by atoms with van der Waals surface area (Å²) in [6, 6.07) is 5.21. The molecular formula is C14H19NO4S. The van der Waals surface area contributed by atoms with E-state index in [-0.39, 0.29) is 23.5 Å². The molecule has 1 heterocycles. The Morgan fingerprint density at radius 1 is 1.40 bits per heavy atom. The van der Waals surface area contributed by atoms with E-state index in [4.69, 9.17) is 4.74 Å². The molecule has 0 aliphatic carbocycles. The van der Waals surface area contributed by atoms with Crippen LogP contribution in [-0.4, -0.2) is 39.0 Å². The highest BCUT2D eigenvalue weighted by molar-refractivity contribution is 7.91. The van der Waals surface area contributed by atoms with Gasteiger partial charge in [-0.05, 0) is 37.5 Å². The minimum Gasteiger partial charge on any atom is -0.465 e. The molecule has 0 amide bonds. The number of ether oxygens (including phenoxy) is 1. The third-order valence-electron chi connectivity index (χ3n) is 3.56. The van der Waals surface area contributed by atoms with E-state index < -0.39 is 9.84 Å². The summed E-state index contributed by atoms with van der Waals surface area (Å²) in [4.78, 5) is 11.6. The third-order valence-corrected chi connectivity index (χ3v) is 5.38. The molecule has 20 heavy (non-hydrogen) atoms. The fourth-order valence-corrected chi connectivity index (χ4v) is 4.12. The van der Waals surface area contributed by atoms with Gasteiger partial charge in [0.1, 0.15) is 0 Å². The van der Waals surface area contributed by atoms with Gasteiger partial charge in [-0.25, -0.2) is 13.2 Å². The molecule has 5 nitrogen and oxygen atoms in total. The van der Waals surface area contributed by atoms with Gasteiger partial charge in [0, 0.05) is 11.7 Å². The smallest absolute Gasteiger partial charge is 0.338 e. The molecule has 0 radical (unpaired) electrons. The molecule has 1 N–H and O–H groups in total. The molecule has 1 atom stereocenters. The topological polar surface area (TPSA) is 72.5 Å². The molecule has 1 unspecified atom stereocenters. The van der Waals surface area contributed by atoms with Crippen LogP contribution in [0, 0.1) is 6.92 Å². The average molecular weight is 297 g/mol. The zero-order valence-corrected chi connectivity index (χ0v) is 12.5. The zero-order valence-electron chi connectivity index (χ0n) is 11.7. The lowest BCUT2D eigenvalue weighted by molar-refractivity contribution is 0.0600. The van der Waals surface area contributed by atoms with Gasteiger partial charge in [-0.15, -0.1) is 0 Å². The standard InChI is InChI=1S/C14H19NO4S/c1-10-12(14(16)19-2)6-3-7-13(10)15-11-5-4-8-20(17,18)9-11/h3,6-7,11,15H,4-5,8-9H2,1-2H3. The maximum Gasteiger partial charge on any atom is 0.338 e. The molecule has 0 saturated carbocycles. The lowest BCUT2D eigenvalue weighted by Crippen LogP contribution is -2.35. The Balaban J connectivity index is 2.20. The van der Waals surface area contributed by atoms with Crippen molar-refractivity contribution in [3.63, 3.8) is 0 Å². The Labute approximate surface area is 119 Å². The van der Waals surface area contributed by atoms with Gasteiger partial charge in [0.15, 0.2) is 9.84 Å². The molecular weight excluding hydrogens is 278 g/mol. The number of esters is 1. The summed E-state index contributed by atoms with van der Waals surface area (Å²) >= 11 is 0. The van der Waals surface area contributed by atoms with Crippen LogP contribution in [0.1, 0.15) is 28.8 Å². The second kappa shape index (κ2) is 5.83. The van der Waals surface area contributed by atoms with E-state index in [1.165, 1.54) is 7.11 Å². The minimum absolute atomic E-state index is 0.0969. The number of sulfone groups is 1. The van der Waals surface area contributed by atoms with Gasteiger partial charge in [-0.2, -0.15) is 0 Å². The van der Waals surface area contributed by atoms with Crippen LogP contribution in [0.5, 0.6) is 0 Å². The number of anilines is 1. The van der Waals surface area contributed by atoms with Crippen LogP contribution >= 0.6 is 0 Å². The molecule has 0 spiro atoms. The van der Waals surface area contributed by atoms with E-state index in [0.717, 1.165) is 17.7 Å². The first-order valence-corrected chi connectivity index (χ1v) is 8.40. The fourth-order valence-electron chi connectivity index (χ4n) is 2.48. The quantitative estimate of drug-likeness (QED) is 0.861. The Morgan fingerprint density at radius 3 is 2.80 bits per heavy atom.